The number of anilines is 1. The van der Waals surface area contributed by atoms with Crippen LogP contribution < -0.4 is 10.1 Å². The summed E-state index contributed by atoms with van der Waals surface area (Å²) in [4.78, 5) is 16.4. The third kappa shape index (κ3) is 3.28. The number of aryl methyl sites for hydroxylation is 2. The number of nitrogens with zero attached hydrogens (tertiary/aromatic N) is 3. The van der Waals surface area contributed by atoms with Crippen molar-refractivity contribution in [3.8, 4) is 5.75 Å². The van der Waals surface area contributed by atoms with Gasteiger partial charge in [-0.1, -0.05) is 29.3 Å². The molecule has 1 N–H and O–H groups in total. The first-order valence-electron chi connectivity index (χ1n) is 6.93. The molecule has 3 aromatic rings. The summed E-state index contributed by atoms with van der Waals surface area (Å²) in [6, 6.07) is 5.37. The second-order valence-electron chi connectivity index (χ2n) is 5.01. The van der Waals surface area contributed by atoms with Crippen LogP contribution in [-0.2, 0) is 4.79 Å². The monoisotopic (exact) mass is 382 g/mol. The predicted molar refractivity (Wildman–Crippen MR) is 95.3 cm³/mol. The van der Waals surface area contributed by atoms with Gasteiger partial charge in [-0.15, -0.1) is 0 Å². The van der Waals surface area contributed by atoms with Crippen LogP contribution in [0.1, 0.15) is 11.4 Å². The number of pyridine rings is 1. The Bertz CT molecular complexity index is 903. The summed E-state index contributed by atoms with van der Waals surface area (Å²) in [7, 11) is 0. The molecule has 3 rings (SSSR count). The van der Waals surface area contributed by atoms with Gasteiger partial charge in [-0.2, -0.15) is 8.75 Å². The first-order valence-corrected chi connectivity index (χ1v) is 8.42. The molecule has 0 atom stereocenters. The summed E-state index contributed by atoms with van der Waals surface area (Å²) in [6.07, 6.45) is 0. The molecule has 0 saturated carbocycles. The highest BCUT2D eigenvalue weighted by atomic mass is 35.5. The van der Waals surface area contributed by atoms with Crippen molar-refractivity contribution in [1.29, 1.82) is 0 Å². The predicted octanol–water partition coefficient (Wildman–Crippen LogP) is 4.03. The topological polar surface area (TPSA) is 77.0 Å². The summed E-state index contributed by atoms with van der Waals surface area (Å²) in [5.74, 6) is -0.0956. The van der Waals surface area contributed by atoms with E-state index in [4.69, 9.17) is 27.9 Å². The molecule has 124 valence electrons. The van der Waals surface area contributed by atoms with Crippen LogP contribution in [0.4, 0.5) is 5.69 Å². The molecule has 24 heavy (non-hydrogen) atoms. The molecule has 1 amide bonds. The third-order valence-electron chi connectivity index (χ3n) is 3.28. The molecule has 1 aromatic carbocycles. The first kappa shape index (κ1) is 16.9. The van der Waals surface area contributed by atoms with E-state index < -0.39 is 0 Å². The van der Waals surface area contributed by atoms with Gasteiger partial charge in [0, 0.05) is 0 Å². The van der Waals surface area contributed by atoms with Crippen molar-refractivity contribution in [1.82, 2.24) is 13.7 Å². The van der Waals surface area contributed by atoms with Crippen molar-refractivity contribution in [2.45, 2.75) is 13.8 Å². The van der Waals surface area contributed by atoms with Crippen molar-refractivity contribution in [2.75, 3.05) is 11.9 Å². The Kier molecular flexibility index (Phi) is 4.84. The van der Waals surface area contributed by atoms with E-state index in [1.54, 1.807) is 26.0 Å². The molecule has 2 aromatic heterocycles. The Hall–Kier alpha value is -1.96. The lowest BCUT2D eigenvalue weighted by Gasteiger charge is -2.13. The van der Waals surface area contributed by atoms with Gasteiger partial charge in [0.1, 0.15) is 21.1 Å². The van der Waals surface area contributed by atoms with Gasteiger partial charge in [0.15, 0.2) is 12.4 Å². The van der Waals surface area contributed by atoms with E-state index in [0.29, 0.717) is 32.6 Å². The molecule has 0 fully saturated rings. The molecule has 6 nitrogen and oxygen atoms in total. The van der Waals surface area contributed by atoms with Crippen LogP contribution in [-0.4, -0.2) is 26.2 Å². The van der Waals surface area contributed by atoms with E-state index in [9.17, 15) is 4.79 Å². The normalized spacial score (nSPS) is 10.8. The first-order chi connectivity index (χ1) is 11.5. The molecule has 0 spiro atoms. The summed E-state index contributed by atoms with van der Waals surface area (Å²) < 4.78 is 13.8. The molecule has 0 saturated heterocycles. The number of ether oxygens (including phenoxy) is 1. The number of carbonyl (C=O) groups is 1. The smallest absolute Gasteiger partial charge is 0.262 e. The fourth-order valence-corrected chi connectivity index (χ4v) is 3.11. The van der Waals surface area contributed by atoms with Crippen LogP contribution in [0.2, 0.25) is 10.0 Å². The number of benzene rings is 1. The minimum absolute atomic E-state index is 0.240. The van der Waals surface area contributed by atoms with Gasteiger partial charge in [0.25, 0.3) is 5.91 Å². The Morgan fingerprint density at radius 2 is 1.92 bits per heavy atom. The maximum atomic E-state index is 12.2. The number of hydrogen-bond donors (Lipinski definition) is 1. The zero-order chi connectivity index (χ0) is 17.3. The van der Waals surface area contributed by atoms with Crippen LogP contribution in [0.3, 0.4) is 0 Å². The van der Waals surface area contributed by atoms with Crippen LogP contribution in [0.5, 0.6) is 5.75 Å². The van der Waals surface area contributed by atoms with Crippen LogP contribution >= 0.6 is 34.9 Å². The van der Waals surface area contributed by atoms with Crippen molar-refractivity contribution in [2.24, 2.45) is 0 Å². The van der Waals surface area contributed by atoms with Crippen LogP contribution in [0.25, 0.3) is 11.0 Å². The minimum atomic E-state index is -0.352. The highest BCUT2D eigenvalue weighted by Crippen LogP contribution is 2.36. The number of nitrogens with one attached hydrogen (secondary N) is 1. The number of halogens is 2. The number of amides is 1. The number of carbonyl (C=O) groups excluding carboxylic acids is 1. The van der Waals surface area contributed by atoms with Crippen molar-refractivity contribution >= 4 is 57.6 Å². The van der Waals surface area contributed by atoms with Crippen molar-refractivity contribution in [3.05, 3.63) is 39.6 Å². The summed E-state index contributed by atoms with van der Waals surface area (Å²) in [6.45, 7) is 3.25. The second-order valence-corrected chi connectivity index (χ2v) is 6.30. The van der Waals surface area contributed by atoms with Crippen LogP contribution in [0, 0.1) is 13.8 Å². The lowest BCUT2D eigenvalue weighted by atomic mass is 10.2. The average molecular weight is 383 g/mol. The van der Waals surface area contributed by atoms with Gasteiger partial charge >= 0.3 is 0 Å². The summed E-state index contributed by atoms with van der Waals surface area (Å²) in [5, 5.41) is 3.34. The van der Waals surface area contributed by atoms with Gasteiger partial charge < -0.3 is 10.1 Å². The third-order valence-corrected chi connectivity index (χ3v) is 4.71. The summed E-state index contributed by atoms with van der Waals surface area (Å²) >= 11 is 13.4. The summed E-state index contributed by atoms with van der Waals surface area (Å²) in [5.41, 5.74) is 3.13. The van der Waals surface area contributed by atoms with E-state index in [2.05, 4.69) is 19.0 Å². The molecule has 0 aliphatic rings. The maximum Gasteiger partial charge on any atom is 0.262 e. The lowest BCUT2D eigenvalue weighted by molar-refractivity contribution is -0.118. The van der Waals surface area contributed by atoms with Gasteiger partial charge in [0.05, 0.1) is 28.8 Å². The van der Waals surface area contributed by atoms with Crippen LogP contribution in [0.15, 0.2) is 18.2 Å². The van der Waals surface area contributed by atoms with Crippen molar-refractivity contribution in [3.63, 3.8) is 0 Å². The molecular formula is C15H12Cl2N4O2S. The highest BCUT2D eigenvalue weighted by molar-refractivity contribution is 7.00. The quantitative estimate of drug-likeness (QED) is 0.736. The minimum Gasteiger partial charge on any atom is -0.480 e. The molecule has 0 bridgehead atoms. The molecule has 2 heterocycles. The maximum absolute atomic E-state index is 12.2. The number of hydrogen-bond acceptors (Lipinski definition) is 6. The molecule has 9 heteroatoms. The van der Waals surface area contributed by atoms with Gasteiger partial charge in [-0.3, -0.25) is 9.78 Å². The molecular weight excluding hydrogens is 371 g/mol. The Morgan fingerprint density at radius 1 is 1.21 bits per heavy atom. The molecule has 0 radical (unpaired) electrons. The van der Waals surface area contributed by atoms with E-state index in [-0.39, 0.29) is 18.3 Å². The largest absolute Gasteiger partial charge is 0.480 e. The SMILES string of the molecule is Cc1nc(C)c(Cl)c(OCC(=O)Nc2cccc3nsnc23)c1Cl. The lowest BCUT2D eigenvalue weighted by Crippen LogP contribution is -2.20. The molecule has 0 unspecified atom stereocenters. The zero-order valence-electron chi connectivity index (χ0n) is 12.8. The van der Waals surface area contributed by atoms with Crippen molar-refractivity contribution < 1.29 is 9.53 Å². The number of aromatic nitrogens is 3. The second kappa shape index (κ2) is 6.88. The fourth-order valence-electron chi connectivity index (χ4n) is 2.13. The number of fused-ring (bicyclic) bond motifs is 1. The average Bonchev–Trinajstić information content (AvgIpc) is 3.03. The zero-order valence-corrected chi connectivity index (χ0v) is 15.1. The fraction of sp³-hybridized carbons (Fsp3) is 0.200. The van der Waals surface area contributed by atoms with E-state index in [1.165, 1.54) is 0 Å². The highest BCUT2D eigenvalue weighted by Gasteiger charge is 2.16. The number of rotatable bonds is 4. The van der Waals surface area contributed by atoms with E-state index in [0.717, 1.165) is 17.2 Å². The molecule has 0 aliphatic heterocycles. The van der Waals surface area contributed by atoms with Gasteiger partial charge in [-0.25, -0.2) is 0 Å². The molecule has 0 aliphatic carbocycles. The van der Waals surface area contributed by atoms with E-state index in [1.807, 2.05) is 6.07 Å². The van der Waals surface area contributed by atoms with E-state index >= 15 is 0 Å². The van der Waals surface area contributed by atoms with Gasteiger partial charge in [0.2, 0.25) is 0 Å². The Balaban J connectivity index is 1.74. The Labute approximate surface area is 152 Å². The standard InChI is InChI=1S/C15H12Cl2N4O2S/c1-7-12(16)15(13(17)8(2)18-7)23-6-11(22)19-9-4-3-5-10-14(9)21-24-20-10/h3-5H,6H2,1-2H3,(H,19,22). The van der Waals surface area contributed by atoms with Gasteiger partial charge in [-0.05, 0) is 26.0 Å². The Morgan fingerprint density at radius 3 is 2.62 bits per heavy atom.